The van der Waals surface area contributed by atoms with Crippen LogP contribution in [0.1, 0.15) is 82.1 Å². The first kappa shape index (κ1) is 41.2. The van der Waals surface area contributed by atoms with Gasteiger partial charge in [0.1, 0.15) is 12.0 Å². The molecule has 1 heterocycles. The summed E-state index contributed by atoms with van der Waals surface area (Å²) in [7, 11) is 7.32. The number of fused-ring (bicyclic) bond motifs is 1. The minimum atomic E-state index is -1.36. The van der Waals surface area contributed by atoms with Crippen molar-refractivity contribution in [3.05, 3.63) is 70.3 Å². The Morgan fingerprint density at radius 2 is 1.92 bits per heavy atom. The van der Waals surface area contributed by atoms with Crippen molar-refractivity contribution >= 4 is 29.5 Å². The first-order valence-corrected chi connectivity index (χ1v) is 17.6. The van der Waals surface area contributed by atoms with Gasteiger partial charge in [0.2, 0.25) is 0 Å². The van der Waals surface area contributed by atoms with E-state index in [2.05, 4.69) is 60.6 Å². The molecule has 4 rings (SSSR count). The van der Waals surface area contributed by atoms with Crippen molar-refractivity contribution in [3.63, 3.8) is 0 Å². The molecule has 10 heteroatoms. The second-order valence-electron chi connectivity index (χ2n) is 12.3. The third-order valence-electron chi connectivity index (χ3n) is 8.73. The summed E-state index contributed by atoms with van der Waals surface area (Å²) in [5.74, 6) is 1.10. The molecule has 48 heavy (non-hydrogen) atoms. The van der Waals surface area contributed by atoms with Gasteiger partial charge in [-0.15, -0.1) is 0 Å². The fourth-order valence-electron chi connectivity index (χ4n) is 6.30. The maximum atomic E-state index is 12.4. The number of ether oxygens (including phenoxy) is 2. The van der Waals surface area contributed by atoms with Crippen LogP contribution in [-0.2, 0) is 25.6 Å². The second kappa shape index (κ2) is 21.9. The molecular weight excluding hydrogens is 630 g/mol. The highest BCUT2D eigenvalue weighted by molar-refractivity contribution is 6.30. The summed E-state index contributed by atoms with van der Waals surface area (Å²) in [5.41, 5.74) is 6.12. The number of aliphatic hydroxyl groups excluding tert-OH is 1. The number of hydrogen-bond donors (Lipinski definition) is 2. The van der Waals surface area contributed by atoms with E-state index < -0.39 is 12.0 Å². The van der Waals surface area contributed by atoms with Crippen molar-refractivity contribution in [2.45, 2.75) is 77.9 Å². The first-order valence-electron chi connectivity index (χ1n) is 17.2. The summed E-state index contributed by atoms with van der Waals surface area (Å²) >= 11 is 6.41. The largest absolute Gasteiger partial charge is 0.491 e. The van der Waals surface area contributed by atoms with E-state index in [1.807, 2.05) is 32.0 Å². The molecule has 1 amide bonds. The van der Waals surface area contributed by atoms with Crippen LogP contribution in [0.4, 0.5) is 5.69 Å². The molecule has 0 saturated heterocycles. The molecule has 5 atom stereocenters. The number of methoxy groups -OCH3 is 1. The summed E-state index contributed by atoms with van der Waals surface area (Å²) in [6, 6.07) is 11.7. The average Bonchev–Trinajstić information content (AvgIpc) is 3.24. The van der Waals surface area contributed by atoms with Gasteiger partial charge < -0.3 is 29.2 Å². The van der Waals surface area contributed by atoms with Gasteiger partial charge in [-0.3, -0.25) is 9.63 Å². The van der Waals surface area contributed by atoms with Crippen molar-refractivity contribution in [1.82, 2.24) is 10.4 Å². The lowest BCUT2D eigenvalue weighted by atomic mass is 9.70. The van der Waals surface area contributed by atoms with Crippen molar-refractivity contribution in [2.75, 3.05) is 59.5 Å². The normalized spacial score (nSPS) is 19.7. The maximum absolute atomic E-state index is 12.4. The second-order valence-corrected chi connectivity index (χ2v) is 12.7. The fraction of sp³-hybridized carbons (Fsp3) is 0.579. The minimum Gasteiger partial charge on any atom is -0.491 e. The Bertz CT molecular complexity index is 1290. The molecule has 5 unspecified atom stereocenters. The van der Waals surface area contributed by atoms with Crippen LogP contribution in [-0.4, -0.2) is 82.9 Å². The Balaban J connectivity index is 0.00000151. The van der Waals surface area contributed by atoms with Gasteiger partial charge in [-0.2, -0.15) is 0 Å². The van der Waals surface area contributed by atoms with Crippen LogP contribution < -0.4 is 15.1 Å². The summed E-state index contributed by atoms with van der Waals surface area (Å²) < 4.78 is 12.4. The predicted octanol–water partition coefficient (Wildman–Crippen LogP) is 6.77. The van der Waals surface area contributed by atoms with Gasteiger partial charge in [-0.25, -0.2) is 5.48 Å². The fourth-order valence-corrected chi connectivity index (χ4v) is 6.50. The van der Waals surface area contributed by atoms with Gasteiger partial charge in [0, 0.05) is 37.7 Å². The number of hydrogen-bond acceptors (Lipinski definition) is 8. The third-order valence-corrected chi connectivity index (χ3v) is 8.96. The number of carbonyl (C=O) groups is 2. The molecule has 2 aromatic carbocycles. The minimum absolute atomic E-state index is 0.0673. The van der Waals surface area contributed by atoms with Crippen molar-refractivity contribution in [2.24, 2.45) is 11.8 Å². The highest BCUT2D eigenvalue weighted by atomic mass is 35.5. The first-order chi connectivity index (χ1) is 23.2. The van der Waals surface area contributed by atoms with Crippen LogP contribution in [0, 0.1) is 11.8 Å². The SMILES string of the molecule is CC.CC=O.CCCc1cc(Cl)ccc1C1COc2ccc(C(O)C(=O)NOC)cc2N(CC2CCC2C(/C=C/CCN(C)C)OC)C1. The Morgan fingerprint density at radius 3 is 2.52 bits per heavy atom. The maximum Gasteiger partial charge on any atom is 0.276 e. The molecule has 1 fully saturated rings. The number of amides is 1. The van der Waals surface area contributed by atoms with Crippen LogP contribution in [0.15, 0.2) is 48.6 Å². The Morgan fingerprint density at radius 1 is 1.19 bits per heavy atom. The number of aryl methyl sites for hydroxylation is 1. The lowest BCUT2D eigenvalue weighted by Gasteiger charge is -2.43. The number of hydroxylamine groups is 1. The number of rotatable bonds is 14. The number of anilines is 1. The highest BCUT2D eigenvalue weighted by Gasteiger charge is 2.39. The van der Waals surface area contributed by atoms with E-state index >= 15 is 0 Å². The van der Waals surface area contributed by atoms with E-state index in [0.29, 0.717) is 24.0 Å². The molecular formula is C38H58ClN3O6. The summed E-state index contributed by atoms with van der Waals surface area (Å²) in [4.78, 5) is 30.5. The predicted molar refractivity (Wildman–Crippen MR) is 195 cm³/mol. The molecule has 2 aliphatic rings. The van der Waals surface area contributed by atoms with Crippen molar-refractivity contribution < 1.29 is 29.0 Å². The van der Waals surface area contributed by atoms with Gasteiger partial charge in [-0.05, 0) is 99.5 Å². The lowest BCUT2D eigenvalue weighted by Crippen LogP contribution is -2.44. The van der Waals surface area contributed by atoms with E-state index in [-0.39, 0.29) is 12.0 Å². The van der Waals surface area contributed by atoms with Crippen LogP contribution in [0.3, 0.4) is 0 Å². The quantitative estimate of drug-likeness (QED) is 0.128. The average molecular weight is 688 g/mol. The molecule has 1 aliphatic heterocycles. The molecule has 268 valence electrons. The van der Waals surface area contributed by atoms with Crippen LogP contribution in [0.25, 0.3) is 0 Å². The van der Waals surface area contributed by atoms with Gasteiger partial charge in [0.05, 0.1) is 25.5 Å². The van der Waals surface area contributed by atoms with Gasteiger partial charge in [-0.1, -0.05) is 63.1 Å². The number of benzene rings is 2. The monoisotopic (exact) mass is 687 g/mol. The number of nitrogens with one attached hydrogen (secondary N) is 1. The number of halogens is 1. The van der Waals surface area contributed by atoms with Crippen molar-refractivity contribution in [1.29, 1.82) is 0 Å². The molecule has 9 nitrogen and oxygen atoms in total. The van der Waals surface area contributed by atoms with E-state index in [9.17, 15) is 9.90 Å². The summed E-state index contributed by atoms with van der Waals surface area (Å²) in [6.45, 7) is 10.7. The number of aliphatic hydroxyl groups is 1. The van der Waals surface area contributed by atoms with Crippen LogP contribution >= 0.6 is 11.6 Å². The van der Waals surface area contributed by atoms with Gasteiger partial charge >= 0.3 is 0 Å². The molecule has 2 aromatic rings. The topological polar surface area (TPSA) is 101 Å². The molecule has 1 aliphatic carbocycles. The van der Waals surface area contributed by atoms with E-state index in [1.165, 1.54) is 25.2 Å². The van der Waals surface area contributed by atoms with E-state index in [1.54, 1.807) is 13.2 Å². The van der Waals surface area contributed by atoms with Gasteiger partial charge in [0.25, 0.3) is 5.91 Å². The smallest absolute Gasteiger partial charge is 0.276 e. The summed E-state index contributed by atoms with van der Waals surface area (Å²) in [5, 5.41) is 11.5. The van der Waals surface area contributed by atoms with E-state index in [0.717, 1.165) is 74.5 Å². The molecule has 0 bridgehead atoms. The number of aldehydes is 1. The van der Waals surface area contributed by atoms with E-state index in [4.69, 9.17) is 30.7 Å². The van der Waals surface area contributed by atoms with Crippen LogP contribution in [0.2, 0.25) is 5.02 Å². The Labute approximate surface area is 293 Å². The third kappa shape index (κ3) is 11.9. The van der Waals surface area contributed by atoms with Gasteiger partial charge in [0.15, 0.2) is 6.10 Å². The molecule has 1 saturated carbocycles. The lowest BCUT2D eigenvalue weighted by molar-refractivity contribution is -0.140. The highest BCUT2D eigenvalue weighted by Crippen LogP contribution is 2.43. The standard InChI is InChI=1S/C34H48ClN3O5.C2H4O.C2H6/c1-6-9-23-18-27(35)13-15-28(23)26-21-38(20-25-11-14-29(25)31(41-4)10-7-8-17-37(2)3)30-19-24(12-16-32(30)43-22-26)33(39)34(40)36-42-5;1-2-3;1-2/h7,10,12-13,15-16,18-19,25-26,29,31,33,39H,6,8-9,11,14,17,20-22H2,1-5H3,(H,36,40);2H,1H3;1-2H3/b10-7+;;. The summed E-state index contributed by atoms with van der Waals surface area (Å²) in [6.07, 6.45) is 9.14. The zero-order valence-electron chi connectivity index (χ0n) is 30.2. The number of nitrogens with zero attached hydrogens (tertiary/aromatic N) is 2. The molecule has 0 radical (unpaired) electrons. The van der Waals surface area contributed by atoms with Crippen LogP contribution in [0.5, 0.6) is 5.75 Å². The molecule has 2 N–H and O–H groups in total. The Kier molecular flexibility index (Phi) is 18.8. The number of carbonyl (C=O) groups excluding carboxylic acids is 2. The zero-order valence-corrected chi connectivity index (χ0v) is 31.0. The molecule has 0 spiro atoms. The molecule has 0 aromatic heterocycles. The Hall–Kier alpha value is -2.95. The zero-order chi connectivity index (χ0) is 35.6. The van der Waals surface area contributed by atoms with Crippen molar-refractivity contribution in [3.8, 4) is 5.75 Å².